The van der Waals surface area contributed by atoms with Crippen molar-refractivity contribution >= 4 is 5.95 Å². The number of nitrogens with zero attached hydrogens (tertiary/aromatic N) is 3. The Kier molecular flexibility index (Phi) is 2.67. The Bertz CT molecular complexity index is 299. The number of rotatable bonds is 2. The molecular formula is C9H16N4O. The van der Waals surface area contributed by atoms with Gasteiger partial charge in [0, 0.05) is 6.54 Å². The third kappa shape index (κ3) is 1.87. The Morgan fingerprint density at radius 3 is 3.14 bits per heavy atom. The number of hydrogen-bond donors (Lipinski definition) is 1. The van der Waals surface area contributed by atoms with Gasteiger partial charge in [-0.2, -0.15) is 4.98 Å². The zero-order valence-corrected chi connectivity index (χ0v) is 8.44. The molecular weight excluding hydrogens is 180 g/mol. The van der Waals surface area contributed by atoms with Crippen molar-refractivity contribution in [3.63, 3.8) is 0 Å². The molecule has 0 radical (unpaired) electrons. The fourth-order valence-electron chi connectivity index (χ4n) is 1.96. The van der Waals surface area contributed by atoms with Crippen LogP contribution in [-0.4, -0.2) is 34.7 Å². The Morgan fingerprint density at radius 1 is 1.64 bits per heavy atom. The summed E-state index contributed by atoms with van der Waals surface area (Å²) in [6.45, 7) is 5.44. The van der Waals surface area contributed by atoms with Gasteiger partial charge in [-0.05, 0) is 31.1 Å². The lowest BCUT2D eigenvalue weighted by Crippen LogP contribution is -2.34. The molecule has 2 rings (SSSR count). The molecule has 0 saturated carbocycles. The van der Waals surface area contributed by atoms with E-state index < -0.39 is 0 Å². The molecule has 0 aliphatic carbocycles. The molecule has 5 nitrogen and oxygen atoms in total. The third-order valence-corrected chi connectivity index (χ3v) is 2.76. The van der Waals surface area contributed by atoms with Gasteiger partial charge >= 0.3 is 0 Å². The quantitative estimate of drug-likeness (QED) is 0.759. The minimum Gasteiger partial charge on any atom is -0.365 e. The monoisotopic (exact) mass is 196 g/mol. The van der Waals surface area contributed by atoms with E-state index in [1.165, 1.54) is 13.0 Å². The van der Waals surface area contributed by atoms with Crippen molar-refractivity contribution in [2.75, 3.05) is 25.4 Å². The molecule has 0 amide bonds. The Morgan fingerprint density at radius 2 is 2.50 bits per heavy atom. The zero-order chi connectivity index (χ0) is 9.97. The smallest absolute Gasteiger partial charge is 0.260 e. The molecule has 1 aliphatic heterocycles. The summed E-state index contributed by atoms with van der Waals surface area (Å²) >= 11 is 0. The number of nitrogens with two attached hydrogens (primary N) is 1. The summed E-state index contributed by atoms with van der Waals surface area (Å²) in [7, 11) is 0. The van der Waals surface area contributed by atoms with Gasteiger partial charge in [-0.3, -0.25) is 0 Å². The molecule has 2 N–H and O–H groups in total. The Labute approximate surface area is 83.3 Å². The van der Waals surface area contributed by atoms with E-state index in [4.69, 9.17) is 10.3 Å². The van der Waals surface area contributed by atoms with Crippen molar-refractivity contribution < 1.29 is 4.52 Å². The van der Waals surface area contributed by atoms with E-state index in [0.717, 1.165) is 19.5 Å². The normalized spacial score (nSPS) is 23.9. The molecule has 1 aromatic rings. The Balaban J connectivity index is 2.04. The first-order valence-corrected chi connectivity index (χ1v) is 5.11. The molecule has 14 heavy (non-hydrogen) atoms. The van der Waals surface area contributed by atoms with Gasteiger partial charge in [-0.15, -0.1) is 0 Å². The minimum absolute atomic E-state index is 0.244. The largest absolute Gasteiger partial charge is 0.365 e. The molecule has 1 aliphatic rings. The van der Waals surface area contributed by atoms with Crippen LogP contribution in [0.1, 0.15) is 31.6 Å². The highest BCUT2D eigenvalue weighted by atomic mass is 16.5. The summed E-state index contributed by atoms with van der Waals surface area (Å²) in [5.74, 6) is 1.31. The minimum atomic E-state index is 0.244. The fraction of sp³-hybridized carbons (Fsp3) is 0.778. The van der Waals surface area contributed by atoms with E-state index in [1.807, 2.05) is 0 Å². The van der Waals surface area contributed by atoms with Crippen LogP contribution in [0.3, 0.4) is 0 Å². The number of anilines is 1. The lowest BCUT2D eigenvalue weighted by molar-refractivity contribution is 0.195. The highest BCUT2D eigenvalue weighted by Crippen LogP contribution is 2.25. The van der Waals surface area contributed by atoms with Gasteiger partial charge in [0.25, 0.3) is 5.95 Å². The Hall–Kier alpha value is -1.10. The predicted molar refractivity (Wildman–Crippen MR) is 52.8 cm³/mol. The zero-order valence-electron chi connectivity index (χ0n) is 8.44. The molecule has 1 unspecified atom stereocenters. The average Bonchev–Trinajstić information content (AvgIpc) is 2.65. The van der Waals surface area contributed by atoms with Crippen LogP contribution >= 0.6 is 0 Å². The summed E-state index contributed by atoms with van der Waals surface area (Å²) in [6.07, 6.45) is 2.32. The second kappa shape index (κ2) is 3.96. The van der Waals surface area contributed by atoms with Crippen molar-refractivity contribution in [1.29, 1.82) is 0 Å². The first-order valence-electron chi connectivity index (χ1n) is 5.11. The summed E-state index contributed by atoms with van der Waals surface area (Å²) in [5, 5.41) is 3.62. The number of likely N-dealkylation sites (N-methyl/N-ethyl adjacent to an activating group) is 1. The van der Waals surface area contributed by atoms with E-state index in [1.54, 1.807) is 0 Å². The van der Waals surface area contributed by atoms with Crippen LogP contribution in [0.5, 0.6) is 0 Å². The van der Waals surface area contributed by atoms with Gasteiger partial charge in [0.15, 0.2) is 0 Å². The number of aromatic nitrogens is 2. The molecule has 2 heterocycles. The lowest BCUT2D eigenvalue weighted by Gasteiger charge is -2.29. The average molecular weight is 196 g/mol. The first-order chi connectivity index (χ1) is 6.79. The van der Waals surface area contributed by atoms with E-state index in [-0.39, 0.29) is 5.95 Å². The summed E-state index contributed by atoms with van der Waals surface area (Å²) in [6, 6.07) is 0. The topological polar surface area (TPSA) is 68.2 Å². The molecule has 0 bridgehead atoms. The van der Waals surface area contributed by atoms with Crippen molar-refractivity contribution in [2.24, 2.45) is 0 Å². The first kappa shape index (κ1) is 9.45. The molecule has 1 aromatic heterocycles. The number of nitrogen functional groups attached to an aromatic ring is 1. The number of likely N-dealkylation sites (tertiary alicyclic amines) is 1. The molecule has 0 spiro atoms. The van der Waals surface area contributed by atoms with Crippen LogP contribution < -0.4 is 5.73 Å². The molecule has 78 valence electrons. The summed E-state index contributed by atoms with van der Waals surface area (Å²) in [4.78, 5) is 6.47. The van der Waals surface area contributed by atoms with Crippen LogP contribution in [0.25, 0.3) is 0 Å². The van der Waals surface area contributed by atoms with E-state index in [0.29, 0.717) is 11.8 Å². The van der Waals surface area contributed by atoms with Gasteiger partial charge in [0.05, 0.1) is 5.92 Å². The van der Waals surface area contributed by atoms with Crippen LogP contribution in [0.15, 0.2) is 4.52 Å². The van der Waals surface area contributed by atoms with Gasteiger partial charge < -0.3 is 15.2 Å². The predicted octanol–water partition coefficient (Wildman–Crippen LogP) is 0.851. The fourth-order valence-corrected chi connectivity index (χ4v) is 1.96. The molecule has 5 heteroatoms. The van der Waals surface area contributed by atoms with Gasteiger partial charge in [0.2, 0.25) is 5.89 Å². The molecule has 0 aromatic carbocycles. The molecule has 1 fully saturated rings. The van der Waals surface area contributed by atoms with E-state index in [9.17, 15) is 0 Å². The van der Waals surface area contributed by atoms with E-state index in [2.05, 4.69) is 22.0 Å². The number of piperidine rings is 1. The van der Waals surface area contributed by atoms with Gasteiger partial charge in [-0.25, -0.2) is 0 Å². The van der Waals surface area contributed by atoms with Crippen molar-refractivity contribution in [2.45, 2.75) is 25.7 Å². The third-order valence-electron chi connectivity index (χ3n) is 2.76. The van der Waals surface area contributed by atoms with Gasteiger partial charge in [-0.1, -0.05) is 6.92 Å². The van der Waals surface area contributed by atoms with E-state index >= 15 is 0 Å². The molecule has 1 saturated heterocycles. The highest BCUT2D eigenvalue weighted by Gasteiger charge is 2.24. The summed E-state index contributed by atoms with van der Waals surface area (Å²) in [5.41, 5.74) is 5.42. The maximum Gasteiger partial charge on any atom is 0.260 e. The highest BCUT2D eigenvalue weighted by molar-refractivity contribution is 5.12. The second-order valence-corrected chi connectivity index (χ2v) is 3.72. The van der Waals surface area contributed by atoms with Gasteiger partial charge in [0.1, 0.15) is 0 Å². The van der Waals surface area contributed by atoms with Crippen LogP contribution in [0, 0.1) is 0 Å². The van der Waals surface area contributed by atoms with Crippen LogP contribution in [-0.2, 0) is 0 Å². The second-order valence-electron chi connectivity index (χ2n) is 3.72. The number of hydrogen-bond acceptors (Lipinski definition) is 5. The van der Waals surface area contributed by atoms with Crippen molar-refractivity contribution in [1.82, 2.24) is 15.0 Å². The standard InChI is InChI=1S/C9H16N4O/c1-2-13-5-3-4-7(6-13)8-11-9(10)12-14-8/h7H,2-6H2,1H3,(H2,10,12). The molecule has 1 atom stereocenters. The SMILES string of the molecule is CCN1CCCC(c2nc(N)no2)C1. The van der Waals surface area contributed by atoms with Crippen molar-refractivity contribution in [3.8, 4) is 0 Å². The maximum atomic E-state index is 5.42. The lowest BCUT2D eigenvalue weighted by atomic mass is 9.98. The van der Waals surface area contributed by atoms with Crippen LogP contribution in [0.4, 0.5) is 5.95 Å². The maximum absolute atomic E-state index is 5.42. The van der Waals surface area contributed by atoms with Crippen molar-refractivity contribution in [3.05, 3.63) is 5.89 Å². The summed E-state index contributed by atoms with van der Waals surface area (Å²) < 4.78 is 5.08. The van der Waals surface area contributed by atoms with Crippen LogP contribution in [0.2, 0.25) is 0 Å².